The molecule has 0 saturated carbocycles. The van der Waals surface area contributed by atoms with Gasteiger partial charge in [0.2, 0.25) is 0 Å². The second kappa shape index (κ2) is 6.66. The van der Waals surface area contributed by atoms with E-state index >= 15 is 0 Å². The number of benzene rings is 1. The van der Waals surface area contributed by atoms with Crippen molar-refractivity contribution in [3.8, 4) is 11.5 Å². The van der Waals surface area contributed by atoms with E-state index in [1.165, 1.54) is 0 Å². The largest absolute Gasteiger partial charge is 0.486 e. The predicted octanol–water partition coefficient (Wildman–Crippen LogP) is 0.173. The fourth-order valence-electron chi connectivity index (χ4n) is 2.86. The highest BCUT2D eigenvalue weighted by Crippen LogP contribution is 2.31. The quantitative estimate of drug-likeness (QED) is 0.712. The fourth-order valence-corrected chi connectivity index (χ4v) is 2.86. The van der Waals surface area contributed by atoms with Crippen molar-refractivity contribution < 1.29 is 28.9 Å². The van der Waals surface area contributed by atoms with Gasteiger partial charge in [0.05, 0.1) is 0 Å². The first-order valence-electron chi connectivity index (χ1n) is 7.75. The molecule has 0 radical (unpaired) electrons. The summed E-state index contributed by atoms with van der Waals surface area (Å²) in [6.45, 7) is 2.06. The van der Waals surface area contributed by atoms with Gasteiger partial charge in [-0.3, -0.25) is 9.69 Å². The molecule has 2 heterocycles. The van der Waals surface area contributed by atoms with E-state index in [1.807, 2.05) is 4.90 Å². The van der Waals surface area contributed by atoms with Gasteiger partial charge in [0.15, 0.2) is 17.3 Å². The van der Waals surface area contributed by atoms with Crippen molar-refractivity contribution in [3.05, 3.63) is 23.8 Å². The molecule has 3 N–H and O–H groups in total. The summed E-state index contributed by atoms with van der Waals surface area (Å²) in [5, 5.41) is 10.1. The van der Waals surface area contributed by atoms with Crippen molar-refractivity contribution in [2.75, 3.05) is 39.5 Å². The minimum absolute atomic E-state index is 0.00389. The first-order chi connectivity index (χ1) is 11.5. The smallest absolute Gasteiger partial charge is 0.404 e. The zero-order valence-electron chi connectivity index (χ0n) is 13.2. The lowest BCUT2D eigenvalue weighted by Crippen LogP contribution is -2.64. The number of β-amino-alcohol motifs (C(OH)–C–C–N with tert-alkyl or cyclic N) is 1. The van der Waals surface area contributed by atoms with Crippen LogP contribution in [0.25, 0.3) is 0 Å². The molecular weight excluding hydrogens is 316 g/mol. The van der Waals surface area contributed by atoms with E-state index in [1.54, 1.807) is 18.2 Å². The Labute approximate surface area is 139 Å². The molecule has 130 valence electrons. The summed E-state index contributed by atoms with van der Waals surface area (Å²) in [7, 11) is 0. The van der Waals surface area contributed by atoms with E-state index in [0.717, 1.165) is 0 Å². The Hall–Kier alpha value is -2.32. The highest BCUT2D eigenvalue weighted by atomic mass is 16.6. The molecule has 1 aromatic rings. The average Bonchev–Trinajstić information content (AvgIpc) is 2.55. The van der Waals surface area contributed by atoms with E-state index < -0.39 is 11.7 Å². The lowest BCUT2D eigenvalue weighted by atomic mass is 9.94. The SMILES string of the molecule is NC(=O)OCC1(O)CN(CCC(=O)c2ccc3c(c2)OCCO3)C1. The third-order valence-corrected chi connectivity index (χ3v) is 4.04. The molecule has 3 rings (SSSR count). The third-order valence-electron chi connectivity index (χ3n) is 4.04. The number of ether oxygens (including phenoxy) is 3. The minimum Gasteiger partial charge on any atom is -0.486 e. The van der Waals surface area contributed by atoms with Gasteiger partial charge in [-0.15, -0.1) is 0 Å². The first-order valence-corrected chi connectivity index (χ1v) is 7.75. The zero-order valence-corrected chi connectivity index (χ0v) is 13.2. The number of amides is 1. The number of carbonyl (C=O) groups is 2. The molecule has 24 heavy (non-hydrogen) atoms. The van der Waals surface area contributed by atoms with Crippen LogP contribution in [0.1, 0.15) is 16.8 Å². The molecule has 0 bridgehead atoms. The Bertz CT molecular complexity index is 641. The van der Waals surface area contributed by atoms with Crippen LogP contribution in [0.5, 0.6) is 11.5 Å². The normalized spacial score (nSPS) is 18.5. The van der Waals surface area contributed by atoms with E-state index in [-0.39, 0.29) is 12.4 Å². The van der Waals surface area contributed by atoms with Crippen molar-refractivity contribution in [1.29, 1.82) is 0 Å². The van der Waals surface area contributed by atoms with Crippen LogP contribution in [-0.2, 0) is 4.74 Å². The maximum Gasteiger partial charge on any atom is 0.404 e. The van der Waals surface area contributed by atoms with Crippen molar-refractivity contribution >= 4 is 11.9 Å². The molecule has 2 aliphatic rings. The van der Waals surface area contributed by atoms with Crippen LogP contribution in [0.2, 0.25) is 0 Å². The number of hydrogen-bond acceptors (Lipinski definition) is 7. The van der Waals surface area contributed by atoms with Crippen molar-refractivity contribution in [3.63, 3.8) is 0 Å². The maximum atomic E-state index is 12.3. The summed E-state index contributed by atoms with van der Waals surface area (Å²) in [6.07, 6.45) is -0.581. The monoisotopic (exact) mass is 336 g/mol. The van der Waals surface area contributed by atoms with Crippen LogP contribution >= 0.6 is 0 Å². The molecule has 0 spiro atoms. The molecule has 0 aromatic heterocycles. The van der Waals surface area contributed by atoms with Crippen LogP contribution in [0, 0.1) is 0 Å². The van der Waals surface area contributed by atoms with Gasteiger partial charge in [0.1, 0.15) is 25.4 Å². The Morgan fingerprint density at radius 1 is 1.25 bits per heavy atom. The van der Waals surface area contributed by atoms with Crippen LogP contribution < -0.4 is 15.2 Å². The molecular formula is C16H20N2O6. The fraction of sp³-hybridized carbons (Fsp3) is 0.500. The predicted molar refractivity (Wildman–Crippen MR) is 83.3 cm³/mol. The van der Waals surface area contributed by atoms with E-state index in [0.29, 0.717) is 56.3 Å². The van der Waals surface area contributed by atoms with E-state index in [2.05, 4.69) is 4.74 Å². The number of ketones is 1. The van der Waals surface area contributed by atoms with Gasteiger partial charge in [-0.05, 0) is 18.2 Å². The summed E-state index contributed by atoms with van der Waals surface area (Å²) < 4.78 is 15.5. The van der Waals surface area contributed by atoms with Crippen molar-refractivity contribution in [2.24, 2.45) is 5.73 Å². The number of likely N-dealkylation sites (tertiary alicyclic amines) is 1. The Balaban J connectivity index is 1.46. The van der Waals surface area contributed by atoms with Gasteiger partial charge in [-0.1, -0.05) is 0 Å². The number of fused-ring (bicyclic) bond motifs is 1. The van der Waals surface area contributed by atoms with Gasteiger partial charge in [-0.25, -0.2) is 4.79 Å². The molecule has 0 unspecified atom stereocenters. The van der Waals surface area contributed by atoms with Gasteiger partial charge < -0.3 is 25.1 Å². The topological polar surface area (TPSA) is 111 Å². The zero-order chi connectivity index (χ0) is 17.2. The molecule has 1 aromatic carbocycles. The van der Waals surface area contributed by atoms with Gasteiger partial charge >= 0.3 is 6.09 Å². The molecule has 2 aliphatic heterocycles. The molecule has 1 amide bonds. The number of Topliss-reactive ketones (excluding diaryl/α,β-unsaturated/α-hetero) is 1. The summed E-state index contributed by atoms with van der Waals surface area (Å²) in [4.78, 5) is 24.7. The summed E-state index contributed by atoms with van der Waals surface area (Å²) in [5.41, 5.74) is 4.38. The van der Waals surface area contributed by atoms with Gasteiger partial charge in [0, 0.05) is 31.6 Å². The van der Waals surface area contributed by atoms with Crippen LogP contribution in [-0.4, -0.2) is 66.9 Å². The second-order valence-corrected chi connectivity index (χ2v) is 6.07. The maximum absolute atomic E-state index is 12.3. The first kappa shape index (κ1) is 16.5. The number of aliphatic hydroxyl groups is 1. The number of nitrogens with zero attached hydrogens (tertiary/aromatic N) is 1. The van der Waals surface area contributed by atoms with E-state index in [9.17, 15) is 14.7 Å². The van der Waals surface area contributed by atoms with Crippen LogP contribution in [0.4, 0.5) is 4.79 Å². The Morgan fingerprint density at radius 3 is 2.67 bits per heavy atom. The number of rotatable bonds is 6. The van der Waals surface area contributed by atoms with Crippen LogP contribution in [0.3, 0.4) is 0 Å². The summed E-state index contributed by atoms with van der Waals surface area (Å²) >= 11 is 0. The molecule has 0 aliphatic carbocycles. The molecule has 1 saturated heterocycles. The minimum atomic E-state index is -1.07. The second-order valence-electron chi connectivity index (χ2n) is 6.07. The Morgan fingerprint density at radius 2 is 1.96 bits per heavy atom. The number of primary amides is 1. The molecule has 8 nitrogen and oxygen atoms in total. The third kappa shape index (κ3) is 3.77. The number of carbonyl (C=O) groups excluding carboxylic acids is 2. The molecule has 1 fully saturated rings. The van der Waals surface area contributed by atoms with Gasteiger partial charge in [-0.2, -0.15) is 0 Å². The van der Waals surface area contributed by atoms with Crippen molar-refractivity contribution in [1.82, 2.24) is 4.90 Å². The lowest BCUT2D eigenvalue weighted by molar-refractivity contribution is -0.125. The number of nitrogens with two attached hydrogens (primary N) is 1. The standard InChI is InChI=1S/C16H20N2O6/c17-15(20)24-10-16(21)8-18(9-16)4-3-12(19)11-1-2-13-14(7-11)23-6-5-22-13/h1-2,7,21H,3-6,8-10H2,(H2,17,20). The highest BCUT2D eigenvalue weighted by molar-refractivity contribution is 5.96. The summed E-state index contributed by atoms with van der Waals surface area (Å²) in [5.74, 6) is 1.24. The van der Waals surface area contributed by atoms with Crippen LogP contribution in [0.15, 0.2) is 18.2 Å². The molecule has 0 atom stereocenters. The Kier molecular flexibility index (Phi) is 4.59. The van der Waals surface area contributed by atoms with Gasteiger partial charge in [0.25, 0.3) is 0 Å². The molecule has 8 heteroatoms. The average molecular weight is 336 g/mol. The van der Waals surface area contributed by atoms with E-state index in [4.69, 9.17) is 15.2 Å². The lowest BCUT2D eigenvalue weighted by Gasteiger charge is -2.45. The summed E-state index contributed by atoms with van der Waals surface area (Å²) in [6, 6.07) is 5.16. The highest BCUT2D eigenvalue weighted by Gasteiger charge is 2.42. The number of hydrogen-bond donors (Lipinski definition) is 2. The van der Waals surface area contributed by atoms with Crippen molar-refractivity contribution in [2.45, 2.75) is 12.0 Å².